The molecule has 0 radical (unpaired) electrons. The number of carbonyl (C=O) groups is 3. The van der Waals surface area contributed by atoms with E-state index in [1.165, 1.54) is 4.90 Å². The molecule has 230 valence electrons. The van der Waals surface area contributed by atoms with E-state index < -0.39 is 0 Å². The second kappa shape index (κ2) is 14.6. The van der Waals surface area contributed by atoms with Crippen LogP contribution in [0.1, 0.15) is 61.8 Å². The molecule has 3 amide bonds. The fourth-order valence-electron chi connectivity index (χ4n) is 5.79. The molecule has 0 atom stereocenters. The Bertz CT molecular complexity index is 1450. The minimum atomic E-state index is -0.122. The highest BCUT2D eigenvalue weighted by molar-refractivity contribution is 7.19. The maximum Gasteiger partial charge on any atom is 0.230 e. The van der Waals surface area contributed by atoms with Gasteiger partial charge < -0.3 is 20.7 Å². The maximum absolute atomic E-state index is 12.2. The van der Waals surface area contributed by atoms with Crippen molar-refractivity contribution in [2.45, 2.75) is 70.9 Å². The zero-order chi connectivity index (χ0) is 30.3. The van der Waals surface area contributed by atoms with E-state index in [4.69, 9.17) is 22.1 Å². The van der Waals surface area contributed by atoms with Crippen LogP contribution >= 0.6 is 22.9 Å². The molecule has 0 aliphatic carbocycles. The van der Waals surface area contributed by atoms with Gasteiger partial charge in [0.1, 0.15) is 11.9 Å². The van der Waals surface area contributed by atoms with Gasteiger partial charge in [-0.15, -0.1) is 11.3 Å². The Morgan fingerprint density at radius 1 is 1.12 bits per heavy atom. The highest BCUT2D eigenvalue weighted by Gasteiger charge is 2.29. The summed E-state index contributed by atoms with van der Waals surface area (Å²) in [6, 6.07) is 7.82. The largest absolute Gasteiger partial charge is 0.489 e. The minimum Gasteiger partial charge on any atom is -0.489 e. The molecule has 0 unspecified atom stereocenters. The van der Waals surface area contributed by atoms with E-state index in [1.807, 2.05) is 31.2 Å². The van der Waals surface area contributed by atoms with Crippen molar-refractivity contribution in [2.24, 2.45) is 5.73 Å². The number of halogens is 1. The fourth-order valence-corrected chi connectivity index (χ4v) is 7.19. The van der Waals surface area contributed by atoms with Crippen LogP contribution in [0.5, 0.6) is 5.75 Å². The van der Waals surface area contributed by atoms with Crippen molar-refractivity contribution in [3.63, 3.8) is 0 Å². The topological polar surface area (TPSA) is 118 Å². The molecular formula is C32H40ClN5O4S. The quantitative estimate of drug-likeness (QED) is 0.202. The number of thiophene rings is 1. The van der Waals surface area contributed by atoms with Gasteiger partial charge in [0.25, 0.3) is 0 Å². The number of ether oxygens (including phenoxy) is 1. The van der Waals surface area contributed by atoms with Gasteiger partial charge in [-0.05, 0) is 81.9 Å². The summed E-state index contributed by atoms with van der Waals surface area (Å²) < 4.78 is 7.68. The van der Waals surface area contributed by atoms with E-state index in [0.717, 1.165) is 89.3 Å². The first-order valence-electron chi connectivity index (χ1n) is 15.2. The number of nitrogens with zero attached hydrogens (tertiary/aromatic N) is 3. The lowest BCUT2D eigenvalue weighted by atomic mass is 10.0. The number of imide groups is 1. The number of rotatable bonds is 13. The third-order valence-electron chi connectivity index (χ3n) is 8.11. The molecule has 2 aromatic heterocycles. The lowest BCUT2D eigenvalue weighted by molar-refractivity contribution is -0.139. The number of nitrogens with one attached hydrogen (secondary N) is 1. The Morgan fingerprint density at radius 3 is 2.63 bits per heavy atom. The summed E-state index contributed by atoms with van der Waals surface area (Å²) in [6.07, 6.45) is 7.45. The fraction of sp³-hybridized carbons (Fsp3) is 0.500. The standard InChI is InChI=1S/C32H40ClN5O4S/c1-21-17-22(33)18-26(25-8-13-35-27-19-24(43-32(25)27)20-38-29(40)6-7-30(38)41)31(21)42-23-9-15-37(16-10-23)14-4-12-36-28(39)5-2-3-11-34/h8,13,17-19,23H,2-7,9-12,14-16,20,34H2,1H3,(H,36,39). The van der Waals surface area contributed by atoms with E-state index >= 15 is 0 Å². The molecule has 2 aliphatic rings. The van der Waals surface area contributed by atoms with Crippen LogP contribution in [0.15, 0.2) is 30.5 Å². The molecule has 3 N–H and O–H groups in total. The summed E-state index contributed by atoms with van der Waals surface area (Å²) in [5.41, 5.74) is 9.19. The molecule has 0 spiro atoms. The van der Waals surface area contributed by atoms with Crippen LogP contribution in [0, 0.1) is 6.92 Å². The third-order valence-corrected chi connectivity index (χ3v) is 9.47. The van der Waals surface area contributed by atoms with Gasteiger partial charge in [0, 0.05) is 66.1 Å². The minimum absolute atomic E-state index is 0.0838. The number of hydrogen-bond donors (Lipinski definition) is 2. The van der Waals surface area contributed by atoms with Crippen LogP contribution in [0.4, 0.5) is 0 Å². The molecule has 0 saturated carbocycles. The highest BCUT2D eigenvalue weighted by atomic mass is 35.5. The molecule has 1 aromatic carbocycles. The Morgan fingerprint density at radius 2 is 1.88 bits per heavy atom. The van der Waals surface area contributed by atoms with E-state index in [9.17, 15) is 14.4 Å². The van der Waals surface area contributed by atoms with Crippen LogP contribution in [0.3, 0.4) is 0 Å². The number of pyridine rings is 1. The normalized spacial score (nSPS) is 16.4. The van der Waals surface area contributed by atoms with Gasteiger partial charge in [-0.25, -0.2) is 0 Å². The lowest BCUT2D eigenvalue weighted by Crippen LogP contribution is -2.39. The molecule has 2 fully saturated rings. The zero-order valence-corrected chi connectivity index (χ0v) is 26.3. The van der Waals surface area contributed by atoms with Crippen LogP contribution < -0.4 is 15.8 Å². The van der Waals surface area contributed by atoms with Crippen molar-refractivity contribution in [3.8, 4) is 16.9 Å². The van der Waals surface area contributed by atoms with Gasteiger partial charge in [-0.3, -0.25) is 24.3 Å². The number of piperidine rings is 1. The van der Waals surface area contributed by atoms with E-state index in [0.29, 0.717) is 24.5 Å². The van der Waals surface area contributed by atoms with Gasteiger partial charge in [0.15, 0.2) is 0 Å². The Labute approximate surface area is 261 Å². The first-order valence-corrected chi connectivity index (χ1v) is 16.4. The van der Waals surface area contributed by atoms with Crippen molar-refractivity contribution < 1.29 is 19.1 Å². The van der Waals surface area contributed by atoms with Gasteiger partial charge in [0.05, 0.1) is 16.8 Å². The van der Waals surface area contributed by atoms with Crippen LogP contribution in [-0.2, 0) is 20.9 Å². The van der Waals surface area contributed by atoms with Crippen molar-refractivity contribution in [1.29, 1.82) is 0 Å². The molecular weight excluding hydrogens is 586 g/mol. The molecule has 43 heavy (non-hydrogen) atoms. The molecule has 2 aliphatic heterocycles. The highest BCUT2D eigenvalue weighted by Crippen LogP contribution is 2.42. The summed E-state index contributed by atoms with van der Waals surface area (Å²) >= 11 is 8.11. The summed E-state index contributed by atoms with van der Waals surface area (Å²) in [6.45, 7) is 6.45. The summed E-state index contributed by atoms with van der Waals surface area (Å²) in [5.74, 6) is 0.691. The number of aromatic nitrogens is 1. The van der Waals surface area contributed by atoms with Gasteiger partial charge in [-0.1, -0.05) is 11.6 Å². The van der Waals surface area contributed by atoms with E-state index in [1.54, 1.807) is 17.5 Å². The average Bonchev–Trinajstić information content (AvgIpc) is 3.55. The number of fused-ring (bicyclic) bond motifs is 1. The second-order valence-corrected chi connectivity index (χ2v) is 12.9. The van der Waals surface area contributed by atoms with E-state index in [-0.39, 0.29) is 43.2 Å². The molecule has 4 heterocycles. The number of carbonyl (C=O) groups excluding carboxylic acids is 3. The Kier molecular flexibility index (Phi) is 10.7. The molecule has 11 heteroatoms. The first-order chi connectivity index (χ1) is 20.8. The summed E-state index contributed by atoms with van der Waals surface area (Å²) in [5, 5.41) is 3.65. The van der Waals surface area contributed by atoms with Crippen molar-refractivity contribution in [3.05, 3.63) is 45.9 Å². The van der Waals surface area contributed by atoms with Gasteiger partial charge in [-0.2, -0.15) is 0 Å². The predicted molar refractivity (Wildman–Crippen MR) is 170 cm³/mol. The number of likely N-dealkylation sites (tertiary alicyclic amines) is 2. The molecule has 9 nitrogen and oxygen atoms in total. The monoisotopic (exact) mass is 625 g/mol. The van der Waals surface area contributed by atoms with Gasteiger partial charge >= 0.3 is 0 Å². The van der Waals surface area contributed by atoms with Crippen LogP contribution in [-0.4, -0.2) is 71.3 Å². The zero-order valence-electron chi connectivity index (χ0n) is 24.7. The summed E-state index contributed by atoms with van der Waals surface area (Å²) in [7, 11) is 0. The Balaban J connectivity index is 1.23. The van der Waals surface area contributed by atoms with Crippen LogP contribution in [0.25, 0.3) is 21.3 Å². The Hall–Kier alpha value is -3.05. The van der Waals surface area contributed by atoms with Crippen molar-refractivity contribution in [1.82, 2.24) is 20.1 Å². The number of amides is 3. The lowest BCUT2D eigenvalue weighted by Gasteiger charge is -2.33. The summed E-state index contributed by atoms with van der Waals surface area (Å²) in [4.78, 5) is 45.6. The number of nitrogens with two attached hydrogens (primary N) is 1. The maximum atomic E-state index is 12.2. The smallest absolute Gasteiger partial charge is 0.230 e. The van der Waals surface area contributed by atoms with Gasteiger partial charge in [0.2, 0.25) is 17.7 Å². The molecule has 0 bridgehead atoms. The molecule has 5 rings (SSSR count). The number of unbranched alkanes of at least 4 members (excludes halogenated alkanes) is 1. The molecule has 3 aromatic rings. The van der Waals surface area contributed by atoms with Crippen molar-refractivity contribution in [2.75, 3.05) is 32.7 Å². The first kappa shape index (κ1) is 31.4. The number of aryl methyl sites for hydroxylation is 1. The predicted octanol–water partition coefficient (Wildman–Crippen LogP) is 5.05. The van der Waals surface area contributed by atoms with Crippen molar-refractivity contribution >= 4 is 50.9 Å². The average molecular weight is 626 g/mol. The second-order valence-electron chi connectivity index (χ2n) is 11.4. The number of hydrogen-bond acceptors (Lipinski definition) is 8. The third kappa shape index (κ3) is 7.92. The molecule has 2 saturated heterocycles. The number of benzene rings is 1. The van der Waals surface area contributed by atoms with Crippen LogP contribution in [0.2, 0.25) is 5.02 Å². The SMILES string of the molecule is Cc1cc(Cl)cc(-c2ccnc3cc(CN4C(=O)CCC4=O)sc23)c1OC1CCN(CCCNC(=O)CCCCN)CC1. The van der Waals surface area contributed by atoms with E-state index in [2.05, 4.69) is 15.2 Å².